The van der Waals surface area contributed by atoms with Crippen molar-refractivity contribution in [3.8, 4) is 0 Å². The predicted octanol–water partition coefficient (Wildman–Crippen LogP) is 5.51. The van der Waals surface area contributed by atoms with Crippen molar-refractivity contribution in [2.75, 3.05) is 6.61 Å². The maximum Gasteiger partial charge on any atom is 0.407 e. The Morgan fingerprint density at radius 1 is 0.984 bits per heavy atom. The number of aliphatic hydroxyl groups is 2. The molecule has 6 rings (SSSR count). The molecule has 63 heavy (non-hydrogen) atoms. The highest BCUT2D eigenvalue weighted by Crippen LogP contribution is 2.70. The van der Waals surface area contributed by atoms with E-state index in [4.69, 9.17) is 37.9 Å². The number of fused-ring (bicyclic) bond motifs is 3. The maximum atomic E-state index is 14.6. The first-order chi connectivity index (χ1) is 28.8. The smallest absolute Gasteiger partial charge is 0.407 e. The second kappa shape index (κ2) is 17.9. The molecule has 0 radical (unpaired) electrons. The van der Waals surface area contributed by atoms with E-state index in [1.54, 1.807) is 58.0 Å². The van der Waals surface area contributed by atoms with Gasteiger partial charge in [0.15, 0.2) is 24.1 Å². The van der Waals surface area contributed by atoms with Crippen LogP contribution in [0.15, 0.2) is 54.1 Å². The summed E-state index contributed by atoms with van der Waals surface area (Å²) < 4.78 is 50.5. The van der Waals surface area contributed by atoms with E-state index in [0.29, 0.717) is 5.57 Å². The first-order valence-electron chi connectivity index (χ1n) is 21.3. The summed E-state index contributed by atoms with van der Waals surface area (Å²) in [7, 11) is 0. The van der Waals surface area contributed by atoms with Gasteiger partial charge in [0.05, 0.1) is 41.3 Å². The molecule has 5 aliphatic rings. The fraction of sp³-hybridized carbons (Fsp3) is 0.681. The summed E-state index contributed by atoms with van der Waals surface area (Å²) >= 11 is 0. The highest BCUT2D eigenvalue weighted by molar-refractivity contribution is 5.89. The molecule has 0 spiro atoms. The normalized spacial score (nSPS) is 34.2. The molecular formula is C47H67NO15. The largest absolute Gasteiger partial charge is 0.457 e. The third-order valence-electron chi connectivity index (χ3n) is 13.3. The maximum absolute atomic E-state index is 14.6. The minimum absolute atomic E-state index is 0. The zero-order chi connectivity index (χ0) is 45.9. The van der Waals surface area contributed by atoms with Gasteiger partial charge in [0.25, 0.3) is 0 Å². The summed E-state index contributed by atoms with van der Waals surface area (Å²) in [6.45, 7) is 21.6. The number of hydrogen-bond donors (Lipinski definition) is 3. The number of carbonyl (C=O) groups is 5. The van der Waals surface area contributed by atoms with Crippen LogP contribution in [0.1, 0.15) is 113 Å². The number of aliphatic hydroxyl groups excluding tert-OH is 1. The van der Waals surface area contributed by atoms with Gasteiger partial charge in [0, 0.05) is 32.1 Å². The molecule has 16 heteroatoms. The van der Waals surface area contributed by atoms with Crippen LogP contribution in [-0.4, -0.2) is 119 Å². The molecule has 3 aliphatic carbocycles. The molecular weight excluding hydrogens is 819 g/mol. The standard InChI is InChI=1S/C46H63NO15.CH4/c1-13-32-58-30-20-31-46(22-55-31,61-26(6)49)36-38(60-39(51)27-17-15-14-16-18-27)45(43(10,11)54)21-29(24(4)33(45)35(56-25(5)48)37(59-32)44(30,36)12)57-40(52)34(50)28(19-23(2)3)47-41(53)62-42(7,8)9;/h13-18,23,28-32,34-38,50,54H,1,19-22H2,2-12H3,(H,47,53);1H4/t28-,29-,30?,31+,32?,34+,35-,36?,37-,38-,44+,45-,46-;/m0./s1. The molecule has 2 saturated heterocycles. The molecule has 1 aromatic carbocycles. The van der Waals surface area contributed by atoms with Gasteiger partial charge in [-0.3, -0.25) is 9.59 Å². The Labute approximate surface area is 370 Å². The highest BCUT2D eigenvalue weighted by Gasteiger charge is 2.81. The Bertz CT molecular complexity index is 1950. The average molecular weight is 886 g/mol. The van der Waals surface area contributed by atoms with Crippen LogP contribution in [0.25, 0.3) is 0 Å². The van der Waals surface area contributed by atoms with Crippen molar-refractivity contribution < 1.29 is 72.1 Å². The zero-order valence-corrected chi connectivity index (χ0v) is 37.6. The second-order valence-corrected chi connectivity index (χ2v) is 19.5. The predicted molar refractivity (Wildman–Crippen MR) is 227 cm³/mol. The second-order valence-electron chi connectivity index (χ2n) is 19.5. The fourth-order valence-electron chi connectivity index (χ4n) is 10.8. The molecule has 2 heterocycles. The van der Waals surface area contributed by atoms with Crippen LogP contribution < -0.4 is 5.32 Å². The van der Waals surface area contributed by atoms with E-state index in [1.165, 1.54) is 33.8 Å². The third-order valence-corrected chi connectivity index (χ3v) is 13.3. The van der Waals surface area contributed by atoms with Crippen LogP contribution in [0, 0.1) is 22.7 Å². The van der Waals surface area contributed by atoms with Crippen molar-refractivity contribution in [3.05, 3.63) is 59.7 Å². The van der Waals surface area contributed by atoms with Crippen molar-refractivity contribution in [1.29, 1.82) is 0 Å². The molecule has 1 aromatic rings. The molecule has 0 aromatic heterocycles. The molecule has 350 valence electrons. The lowest BCUT2D eigenvalue weighted by atomic mass is 9.49. The molecule has 3 N–H and O–H groups in total. The van der Waals surface area contributed by atoms with Crippen LogP contribution >= 0.6 is 0 Å². The van der Waals surface area contributed by atoms with E-state index in [9.17, 15) is 34.2 Å². The lowest BCUT2D eigenvalue weighted by Gasteiger charge is -2.67. The lowest BCUT2D eigenvalue weighted by molar-refractivity contribution is -0.392. The minimum Gasteiger partial charge on any atom is -0.457 e. The Balaban J connectivity index is 0.00000748. The van der Waals surface area contributed by atoms with Crippen molar-refractivity contribution in [2.45, 2.75) is 175 Å². The fourth-order valence-corrected chi connectivity index (χ4v) is 10.8. The van der Waals surface area contributed by atoms with Crippen LogP contribution in [0.5, 0.6) is 0 Å². The first kappa shape index (κ1) is 49.7. The molecule has 13 atom stereocenters. The number of amides is 1. The number of esters is 4. The van der Waals surface area contributed by atoms with E-state index in [1.807, 2.05) is 20.8 Å². The SMILES string of the molecule is C.C=CC1OC2C[C@H]3OC[C@@]3(OC(C)=O)C3[C@H](OC(=O)c4ccccc4)[C@]4(C(C)(C)O)C[C@H](OC(=O)[C@H](O)[C@H](CC(C)C)NC(=O)OC(C)(C)C)C(C)=C4[C@H](OC(C)=O)[C@H](O1)[C@]23C. The van der Waals surface area contributed by atoms with Gasteiger partial charge < -0.3 is 53.4 Å². The summed E-state index contributed by atoms with van der Waals surface area (Å²) in [6.07, 6.45) is -8.88. The highest BCUT2D eigenvalue weighted by atomic mass is 16.7. The Kier molecular flexibility index (Phi) is 14.1. The van der Waals surface area contributed by atoms with Crippen LogP contribution in [0.3, 0.4) is 0 Å². The minimum atomic E-state index is -1.91. The monoisotopic (exact) mass is 885 g/mol. The zero-order valence-electron chi connectivity index (χ0n) is 37.6. The average Bonchev–Trinajstić information content (AvgIpc) is 3.41. The van der Waals surface area contributed by atoms with Gasteiger partial charge >= 0.3 is 30.0 Å². The van der Waals surface area contributed by atoms with Crippen LogP contribution in [0.2, 0.25) is 0 Å². The van der Waals surface area contributed by atoms with Crippen LogP contribution in [0.4, 0.5) is 4.79 Å². The molecule has 16 nitrogen and oxygen atoms in total. The van der Waals surface area contributed by atoms with Crippen LogP contribution in [-0.2, 0) is 52.3 Å². The van der Waals surface area contributed by atoms with E-state index in [2.05, 4.69) is 11.9 Å². The van der Waals surface area contributed by atoms with Crippen molar-refractivity contribution in [1.82, 2.24) is 5.32 Å². The van der Waals surface area contributed by atoms with E-state index >= 15 is 0 Å². The molecule has 4 fully saturated rings. The molecule has 1 amide bonds. The quantitative estimate of drug-likeness (QED) is 0.134. The first-order valence-corrected chi connectivity index (χ1v) is 21.3. The number of rotatable bonds is 12. The summed E-state index contributed by atoms with van der Waals surface area (Å²) in [5.74, 6) is -4.40. The number of hydrogen-bond acceptors (Lipinski definition) is 15. The van der Waals surface area contributed by atoms with Gasteiger partial charge in [0.2, 0.25) is 0 Å². The summed E-state index contributed by atoms with van der Waals surface area (Å²) in [4.78, 5) is 68.3. The number of alkyl carbamates (subject to hydrolysis) is 1. The van der Waals surface area contributed by atoms with Crippen molar-refractivity contribution >= 4 is 30.0 Å². The summed E-state index contributed by atoms with van der Waals surface area (Å²) in [5.41, 5.74) is -6.62. The van der Waals surface area contributed by atoms with E-state index in [0.717, 1.165) is 0 Å². The number of carbonyl (C=O) groups excluding carboxylic acids is 5. The van der Waals surface area contributed by atoms with Gasteiger partial charge in [-0.1, -0.05) is 53.0 Å². The molecule has 0 bridgehead atoms. The van der Waals surface area contributed by atoms with Gasteiger partial charge in [-0.05, 0) is 83.2 Å². The van der Waals surface area contributed by atoms with Crippen molar-refractivity contribution in [3.63, 3.8) is 0 Å². The third kappa shape index (κ3) is 8.90. The number of nitrogens with one attached hydrogen (secondary N) is 1. The summed E-state index contributed by atoms with van der Waals surface area (Å²) in [5, 5.41) is 27.1. The molecule has 2 aliphatic heterocycles. The summed E-state index contributed by atoms with van der Waals surface area (Å²) in [6, 6.07) is 7.11. The van der Waals surface area contributed by atoms with E-state index < -0.39 is 119 Å². The van der Waals surface area contributed by atoms with Gasteiger partial charge in [-0.25, -0.2) is 14.4 Å². The Morgan fingerprint density at radius 3 is 2.16 bits per heavy atom. The molecule has 3 unspecified atom stereocenters. The Morgan fingerprint density at radius 2 is 1.63 bits per heavy atom. The topological polar surface area (TPSA) is 212 Å². The molecule has 2 saturated carbocycles. The van der Waals surface area contributed by atoms with Crippen molar-refractivity contribution in [2.24, 2.45) is 22.7 Å². The Hall–Kier alpha value is -4.35. The number of benzene rings is 1. The van der Waals surface area contributed by atoms with Gasteiger partial charge in [-0.2, -0.15) is 0 Å². The van der Waals surface area contributed by atoms with E-state index in [-0.39, 0.29) is 50.4 Å². The lowest BCUT2D eigenvalue weighted by Crippen LogP contribution is -2.80. The van der Waals surface area contributed by atoms with Gasteiger partial charge in [-0.15, -0.1) is 0 Å². The number of ether oxygens (including phenoxy) is 8. The van der Waals surface area contributed by atoms with Gasteiger partial charge in [0.1, 0.15) is 30.0 Å².